The monoisotopic (exact) mass is 532 g/mol. The predicted molar refractivity (Wildman–Crippen MR) is 181 cm³/mol. The van der Waals surface area contributed by atoms with Gasteiger partial charge in [0.25, 0.3) is 0 Å². The SMILES string of the molecule is c1ccc(-c2ccc(-c3c4ccccc4c(-c4ccccc4)c4cc(-c5ccc6ccccc6c5)ccc34)cc2)cc1. The van der Waals surface area contributed by atoms with Gasteiger partial charge in [0.1, 0.15) is 0 Å². The second-order valence-electron chi connectivity index (χ2n) is 10.9. The summed E-state index contributed by atoms with van der Waals surface area (Å²) in [4.78, 5) is 0. The first kappa shape index (κ1) is 24.3. The Labute approximate surface area is 246 Å². The van der Waals surface area contributed by atoms with E-state index in [0.29, 0.717) is 0 Å². The second kappa shape index (κ2) is 10.2. The summed E-state index contributed by atoms with van der Waals surface area (Å²) in [6.45, 7) is 0. The molecule has 0 nitrogen and oxygen atoms in total. The van der Waals surface area contributed by atoms with Gasteiger partial charge in [0.15, 0.2) is 0 Å². The molecule has 0 aromatic heterocycles. The first-order valence-electron chi connectivity index (χ1n) is 14.5. The first-order valence-corrected chi connectivity index (χ1v) is 14.5. The lowest BCUT2D eigenvalue weighted by Crippen LogP contribution is -1.92. The molecule has 196 valence electrons. The summed E-state index contributed by atoms with van der Waals surface area (Å²) in [5.41, 5.74) is 9.96. The van der Waals surface area contributed by atoms with E-state index in [2.05, 4.69) is 170 Å². The van der Waals surface area contributed by atoms with E-state index in [0.717, 1.165) is 0 Å². The number of hydrogen-bond donors (Lipinski definition) is 0. The first-order chi connectivity index (χ1) is 20.8. The van der Waals surface area contributed by atoms with Crippen molar-refractivity contribution in [2.75, 3.05) is 0 Å². The van der Waals surface area contributed by atoms with Crippen LogP contribution in [0.3, 0.4) is 0 Å². The van der Waals surface area contributed by atoms with Crippen LogP contribution >= 0.6 is 0 Å². The van der Waals surface area contributed by atoms with Gasteiger partial charge in [-0.1, -0.05) is 158 Å². The highest BCUT2D eigenvalue weighted by atomic mass is 14.2. The van der Waals surface area contributed by atoms with Gasteiger partial charge in [0.05, 0.1) is 0 Å². The van der Waals surface area contributed by atoms with Crippen LogP contribution in [0.2, 0.25) is 0 Å². The maximum Gasteiger partial charge on any atom is -0.00262 e. The van der Waals surface area contributed by atoms with Crippen LogP contribution in [0.25, 0.3) is 76.8 Å². The standard InChI is InChI=1S/C42H28/c1-3-11-29(12-4-1)31-19-22-33(23-20-31)41-37-17-9-10-18-38(37)42(32-14-5-2-6-15-32)40-28-36(25-26-39(40)41)35-24-21-30-13-7-8-16-34(30)27-35/h1-28H. The van der Waals surface area contributed by atoms with Gasteiger partial charge in [-0.05, 0) is 89.0 Å². The number of benzene rings is 8. The van der Waals surface area contributed by atoms with Gasteiger partial charge in [0.2, 0.25) is 0 Å². The molecule has 0 saturated heterocycles. The van der Waals surface area contributed by atoms with Gasteiger partial charge in [-0.3, -0.25) is 0 Å². The second-order valence-corrected chi connectivity index (χ2v) is 10.9. The molecule has 0 spiro atoms. The van der Waals surface area contributed by atoms with Crippen molar-refractivity contribution >= 4 is 32.3 Å². The van der Waals surface area contributed by atoms with Crippen LogP contribution in [0.5, 0.6) is 0 Å². The lowest BCUT2D eigenvalue weighted by Gasteiger charge is -2.19. The maximum absolute atomic E-state index is 2.40. The predicted octanol–water partition coefficient (Wildman–Crippen LogP) is 11.8. The van der Waals surface area contributed by atoms with E-state index in [1.165, 1.54) is 76.8 Å². The molecule has 0 fully saturated rings. The third-order valence-corrected chi connectivity index (χ3v) is 8.45. The van der Waals surface area contributed by atoms with Gasteiger partial charge >= 0.3 is 0 Å². The summed E-state index contributed by atoms with van der Waals surface area (Å²) in [7, 11) is 0. The molecule has 0 atom stereocenters. The maximum atomic E-state index is 2.40. The van der Waals surface area contributed by atoms with Crippen molar-refractivity contribution in [1.29, 1.82) is 0 Å². The molecule has 0 saturated carbocycles. The zero-order valence-electron chi connectivity index (χ0n) is 23.2. The molecular formula is C42H28. The minimum atomic E-state index is 1.23. The number of hydrogen-bond acceptors (Lipinski definition) is 0. The molecule has 0 unspecified atom stereocenters. The smallest absolute Gasteiger partial charge is 0.00262 e. The Hall–Kier alpha value is -5.46. The topological polar surface area (TPSA) is 0 Å². The van der Waals surface area contributed by atoms with Crippen molar-refractivity contribution in [3.05, 3.63) is 170 Å². The minimum Gasteiger partial charge on any atom is -0.0622 e. The van der Waals surface area contributed by atoms with Crippen LogP contribution in [0.15, 0.2) is 170 Å². The molecule has 0 radical (unpaired) electrons. The molecule has 0 heterocycles. The van der Waals surface area contributed by atoms with Gasteiger partial charge in [-0.15, -0.1) is 0 Å². The summed E-state index contributed by atoms with van der Waals surface area (Å²) in [6.07, 6.45) is 0. The zero-order valence-corrected chi connectivity index (χ0v) is 23.2. The van der Waals surface area contributed by atoms with Gasteiger partial charge in [0, 0.05) is 0 Å². The van der Waals surface area contributed by atoms with Gasteiger partial charge in [-0.2, -0.15) is 0 Å². The minimum absolute atomic E-state index is 1.23. The molecule has 0 bridgehead atoms. The summed E-state index contributed by atoms with van der Waals surface area (Å²) >= 11 is 0. The van der Waals surface area contributed by atoms with Crippen molar-refractivity contribution in [2.45, 2.75) is 0 Å². The zero-order chi connectivity index (χ0) is 27.9. The molecule has 42 heavy (non-hydrogen) atoms. The van der Waals surface area contributed by atoms with Crippen molar-refractivity contribution in [3.8, 4) is 44.5 Å². The van der Waals surface area contributed by atoms with Crippen LogP contribution in [-0.2, 0) is 0 Å². The van der Waals surface area contributed by atoms with Crippen molar-refractivity contribution in [1.82, 2.24) is 0 Å². The fourth-order valence-corrected chi connectivity index (χ4v) is 6.41. The third kappa shape index (κ3) is 4.17. The largest absolute Gasteiger partial charge is 0.0622 e. The molecular weight excluding hydrogens is 504 g/mol. The lowest BCUT2D eigenvalue weighted by molar-refractivity contribution is 1.61. The molecule has 0 N–H and O–H groups in total. The van der Waals surface area contributed by atoms with E-state index in [1.807, 2.05) is 0 Å². The van der Waals surface area contributed by atoms with Crippen LogP contribution in [0.4, 0.5) is 0 Å². The Bertz CT molecular complexity index is 2210. The highest BCUT2D eigenvalue weighted by Gasteiger charge is 2.17. The highest BCUT2D eigenvalue weighted by Crippen LogP contribution is 2.45. The van der Waals surface area contributed by atoms with Crippen molar-refractivity contribution in [3.63, 3.8) is 0 Å². The molecule has 0 aliphatic carbocycles. The number of rotatable bonds is 4. The summed E-state index contributed by atoms with van der Waals surface area (Å²) < 4.78 is 0. The Kier molecular flexibility index (Phi) is 5.90. The molecule has 0 amide bonds. The summed E-state index contributed by atoms with van der Waals surface area (Å²) in [5.74, 6) is 0. The average Bonchev–Trinajstić information content (AvgIpc) is 3.07. The van der Waals surface area contributed by atoms with Gasteiger partial charge < -0.3 is 0 Å². The third-order valence-electron chi connectivity index (χ3n) is 8.45. The lowest BCUT2D eigenvalue weighted by atomic mass is 9.84. The molecule has 8 aromatic rings. The Morgan fingerprint density at radius 3 is 1.36 bits per heavy atom. The normalized spacial score (nSPS) is 11.3. The van der Waals surface area contributed by atoms with Crippen molar-refractivity contribution < 1.29 is 0 Å². The molecule has 8 rings (SSSR count). The van der Waals surface area contributed by atoms with Crippen LogP contribution < -0.4 is 0 Å². The van der Waals surface area contributed by atoms with Crippen LogP contribution in [-0.4, -0.2) is 0 Å². The molecule has 0 aliphatic rings. The quantitative estimate of drug-likeness (QED) is 0.198. The number of fused-ring (bicyclic) bond motifs is 3. The van der Waals surface area contributed by atoms with E-state index in [4.69, 9.17) is 0 Å². The fraction of sp³-hybridized carbons (Fsp3) is 0. The molecule has 8 aromatic carbocycles. The summed E-state index contributed by atoms with van der Waals surface area (Å²) in [6, 6.07) is 61.8. The van der Waals surface area contributed by atoms with E-state index in [1.54, 1.807) is 0 Å². The van der Waals surface area contributed by atoms with E-state index >= 15 is 0 Å². The highest BCUT2D eigenvalue weighted by molar-refractivity contribution is 6.22. The van der Waals surface area contributed by atoms with Gasteiger partial charge in [-0.25, -0.2) is 0 Å². The Morgan fingerprint density at radius 2 is 0.643 bits per heavy atom. The van der Waals surface area contributed by atoms with Crippen LogP contribution in [0, 0.1) is 0 Å². The van der Waals surface area contributed by atoms with E-state index in [-0.39, 0.29) is 0 Å². The van der Waals surface area contributed by atoms with Crippen molar-refractivity contribution in [2.24, 2.45) is 0 Å². The van der Waals surface area contributed by atoms with Crippen LogP contribution in [0.1, 0.15) is 0 Å². The Morgan fingerprint density at radius 1 is 0.214 bits per heavy atom. The fourth-order valence-electron chi connectivity index (χ4n) is 6.41. The van der Waals surface area contributed by atoms with E-state index < -0.39 is 0 Å². The molecule has 0 heteroatoms. The van der Waals surface area contributed by atoms with E-state index in [9.17, 15) is 0 Å². The Balaban J connectivity index is 1.41. The summed E-state index contributed by atoms with van der Waals surface area (Å²) in [5, 5.41) is 7.61. The average molecular weight is 533 g/mol. The molecule has 0 aliphatic heterocycles.